The molecule has 1 fully saturated rings. The van der Waals surface area contributed by atoms with Crippen LogP contribution >= 0.6 is 0 Å². The molecule has 0 aliphatic carbocycles. The third-order valence-corrected chi connectivity index (χ3v) is 6.94. The quantitative estimate of drug-likeness (QED) is 0.129. The molecule has 0 aromatic heterocycles. The van der Waals surface area contributed by atoms with Crippen LogP contribution in [0, 0.1) is 0 Å². The maximum absolute atomic E-state index is 13.2. The average molecular weight is 591 g/mol. The molecule has 1 aromatic rings. The van der Waals surface area contributed by atoms with E-state index in [-0.39, 0.29) is 36.5 Å². The maximum atomic E-state index is 13.2. The van der Waals surface area contributed by atoms with Crippen molar-refractivity contribution < 1.29 is 42.9 Å². The van der Waals surface area contributed by atoms with Gasteiger partial charge in [0.1, 0.15) is 12.6 Å². The number of amides is 5. The summed E-state index contributed by atoms with van der Waals surface area (Å²) in [5.74, 6) is -1.80. The Morgan fingerprint density at radius 3 is 2.19 bits per heavy atom. The van der Waals surface area contributed by atoms with Crippen LogP contribution in [-0.2, 0) is 33.3 Å². The van der Waals surface area contributed by atoms with Gasteiger partial charge in [0, 0.05) is 25.3 Å². The SMILES string of the molecule is CCCC(C(=O)NC=O)N1C(=O)c2cccc(NCCOCCOCCOCCOCC(=O)N3CCCCC3)c2C1=O. The molecular weight excluding hydrogens is 548 g/mol. The van der Waals surface area contributed by atoms with Gasteiger partial charge in [-0.1, -0.05) is 19.4 Å². The first kappa shape index (κ1) is 33.1. The normalized spacial score (nSPS) is 15.5. The number of nitrogens with one attached hydrogen (secondary N) is 2. The summed E-state index contributed by atoms with van der Waals surface area (Å²) in [4.78, 5) is 64.1. The number of hydrogen-bond donors (Lipinski definition) is 2. The zero-order valence-electron chi connectivity index (χ0n) is 24.3. The van der Waals surface area contributed by atoms with Crippen molar-refractivity contribution in [3.63, 3.8) is 0 Å². The number of ether oxygens (including phenoxy) is 4. The minimum atomic E-state index is -1.07. The molecule has 1 aromatic carbocycles. The van der Waals surface area contributed by atoms with Gasteiger partial charge in [-0.05, 0) is 37.8 Å². The van der Waals surface area contributed by atoms with Crippen molar-refractivity contribution in [2.45, 2.75) is 45.1 Å². The van der Waals surface area contributed by atoms with Gasteiger partial charge < -0.3 is 29.2 Å². The Morgan fingerprint density at radius 2 is 1.55 bits per heavy atom. The molecule has 1 unspecified atom stereocenters. The van der Waals surface area contributed by atoms with Crippen LogP contribution in [0.2, 0.25) is 0 Å². The Balaban J connectivity index is 1.26. The highest BCUT2D eigenvalue weighted by atomic mass is 16.6. The Labute approximate surface area is 246 Å². The van der Waals surface area contributed by atoms with Gasteiger partial charge in [-0.25, -0.2) is 0 Å². The predicted octanol–water partition coefficient (Wildman–Crippen LogP) is 1.21. The Morgan fingerprint density at radius 1 is 0.905 bits per heavy atom. The molecular formula is C29H42N4O9. The van der Waals surface area contributed by atoms with Crippen LogP contribution in [0.3, 0.4) is 0 Å². The van der Waals surface area contributed by atoms with Crippen LogP contribution in [0.1, 0.15) is 59.7 Å². The second-order valence-corrected chi connectivity index (χ2v) is 9.90. The molecule has 1 saturated heterocycles. The first-order valence-electron chi connectivity index (χ1n) is 14.6. The molecule has 13 heteroatoms. The number of benzene rings is 1. The summed E-state index contributed by atoms with van der Waals surface area (Å²) in [6.45, 7) is 6.57. The van der Waals surface area contributed by atoms with E-state index in [1.165, 1.54) is 6.42 Å². The lowest BCUT2D eigenvalue weighted by atomic mass is 10.1. The summed E-state index contributed by atoms with van der Waals surface area (Å²) in [5, 5.41) is 5.18. The fraction of sp³-hybridized carbons (Fsp3) is 0.621. The molecule has 232 valence electrons. The monoisotopic (exact) mass is 590 g/mol. The number of hydrogen-bond acceptors (Lipinski definition) is 10. The maximum Gasteiger partial charge on any atom is 0.264 e. The number of anilines is 1. The number of nitrogens with zero attached hydrogens (tertiary/aromatic N) is 2. The second kappa shape index (κ2) is 18.2. The summed E-state index contributed by atoms with van der Waals surface area (Å²) in [5.41, 5.74) is 0.875. The van der Waals surface area contributed by atoms with Gasteiger partial charge in [0.05, 0.1) is 57.4 Å². The molecule has 42 heavy (non-hydrogen) atoms. The number of rotatable bonds is 20. The number of fused-ring (bicyclic) bond motifs is 1. The van der Waals surface area contributed by atoms with E-state index in [0.717, 1.165) is 30.8 Å². The molecule has 2 aliphatic heterocycles. The van der Waals surface area contributed by atoms with Crippen molar-refractivity contribution in [2.75, 3.05) is 77.8 Å². The topological polar surface area (TPSA) is 153 Å². The lowest BCUT2D eigenvalue weighted by Crippen LogP contribution is -2.49. The molecule has 13 nitrogen and oxygen atoms in total. The minimum absolute atomic E-state index is 0.0366. The van der Waals surface area contributed by atoms with Gasteiger partial charge in [0.25, 0.3) is 11.8 Å². The third kappa shape index (κ3) is 9.58. The van der Waals surface area contributed by atoms with Gasteiger partial charge in [-0.3, -0.25) is 34.2 Å². The molecule has 2 heterocycles. The smallest absolute Gasteiger partial charge is 0.264 e. The van der Waals surface area contributed by atoms with E-state index in [4.69, 9.17) is 18.9 Å². The van der Waals surface area contributed by atoms with Crippen LogP contribution in [0.4, 0.5) is 5.69 Å². The highest BCUT2D eigenvalue weighted by Gasteiger charge is 2.43. The molecule has 0 radical (unpaired) electrons. The number of imide groups is 2. The van der Waals surface area contributed by atoms with Crippen LogP contribution in [-0.4, -0.2) is 118 Å². The fourth-order valence-corrected chi connectivity index (χ4v) is 4.85. The molecule has 0 saturated carbocycles. The van der Waals surface area contributed by atoms with Crippen LogP contribution < -0.4 is 10.6 Å². The molecule has 0 spiro atoms. The fourth-order valence-electron chi connectivity index (χ4n) is 4.85. The first-order valence-corrected chi connectivity index (χ1v) is 14.6. The van der Waals surface area contributed by atoms with Crippen molar-refractivity contribution in [3.05, 3.63) is 29.3 Å². The molecule has 2 aliphatic rings. The summed E-state index contributed by atoms with van der Waals surface area (Å²) in [6, 6.07) is 3.83. The first-order chi connectivity index (χ1) is 20.5. The highest BCUT2D eigenvalue weighted by Crippen LogP contribution is 2.31. The van der Waals surface area contributed by atoms with Crippen molar-refractivity contribution in [1.82, 2.24) is 15.1 Å². The van der Waals surface area contributed by atoms with Crippen LogP contribution in [0.25, 0.3) is 0 Å². The number of piperidine rings is 1. The average Bonchev–Trinajstić information content (AvgIpc) is 3.26. The van der Waals surface area contributed by atoms with E-state index in [1.54, 1.807) is 18.2 Å². The van der Waals surface area contributed by atoms with E-state index >= 15 is 0 Å². The van der Waals surface area contributed by atoms with E-state index in [9.17, 15) is 24.0 Å². The molecule has 2 N–H and O–H groups in total. The zero-order valence-corrected chi connectivity index (χ0v) is 24.3. The standard InChI is InChI=1S/C29H42N4O9/c1-2-7-24(27(36)31-21-34)33-28(37)22-8-6-9-23(26(22)29(33)38)30-10-13-39-14-15-40-16-17-41-18-19-42-20-25(35)32-11-4-3-5-12-32/h6,8-9,21,24,30H,2-5,7,10-20H2,1H3,(H,31,34,36). The summed E-state index contributed by atoms with van der Waals surface area (Å²) in [7, 11) is 0. The lowest BCUT2D eigenvalue weighted by molar-refractivity contribution is -0.137. The largest absolute Gasteiger partial charge is 0.382 e. The van der Waals surface area contributed by atoms with E-state index in [2.05, 4.69) is 10.6 Å². The molecule has 1 atom stereocenters. The van der Waals surface area contributed by atoms with Crippen molar-refractivity contribution >= 4 is 35.7 Å². The van der Waals surface area contributed by atoms with Gasteiger partial charge >= 0.3 is 0 Å². The van der Waals surface area contributed by atoms with Crippen LogP contribution in [0.5, 0.6) is 0 Å². The predicted molar refractivity (Wildman–Crippen MR) is 152 cm³/mol. The van der Waals surface area contributed by atoms with Gasteiger partial charge in [0.15, 0.2) is 0 Å². The Bertz CT molecular complexity index is 1060. The van der Waals surface area contributed by atoms with Crippen molar-refractivity contribution in [2.24, 2.45) is 0 Å². The Hall–Kier alpha value is -3.39. The lowest BCUT2D eigenvalue weighted by Gasteiger charge is -2.26. The van der Waals surface area contributed by atoms with Crippen molar-refractivity contribution in [1.29, 1.82) is 0 Å². The van der Waals surface area contributed by atoms with Gasteiger partial charge in [0.2, 0.25) is 18.2 Å². The third-order valence-electron chi connectivity index (χ3n) is 6.94. The summed E-state index contributed by atoms with van der Waals surface area (Å²) in [6.07, 6.45) is 4.33. The summed E-state index contributed by atoms with van der Waals surface area (Å²) >= 11 is 0. The van der Waals surface area contributed by atoms with Gasteiger partial charge in [-0.2, -0.15) is 0 Å². The molecule has 3 rings (SSSR count). The number of likely N-dealkylation sites (tertiary alicyclic amines) is 1. The second-order valence-electron chi connectivity index (χ2n) is 9.90. The van der Waals surface area contributed by atoms with E-state index < -0.39 is 23.8 Å². The van der Waals surface area contributed by atoms with Gasteiger partial charge in [-0.15, -0.1) is 0 Å². The van der Waals surface area contributed by atoms with E-state index in [0.29, 0.717) is 64.9 Å². The van der Waals surface area contributed by atoms with Crippen LogP contribution in [0.15, 0.2) is 18.2 Å². The highest BCUT2D eigenvalue weighted by molar-refractivity contribution is 6.25. The van der Waals surface area contributed by atoms with E-state index in [1.807, 2.05) is 11.8 Å². The zero-order chi connectivity index (χ0) is 30.2. The molecule has 0 bridgehead atoms. The van der Waals surface area contributed by atoms with Crippen molar-refractivity contribution in [3.8, 4) is 0 Å². The summed E-state index contributed by atoms with van der Waals surface area (Å²) < 4.78 is 21.9. The minimum Gasteiger partial charge on any atom is -0.382 e. The number of carbonyl (C=O) groups is 5. The Kier molecular flexibility index (Phi) is 14.4. The molecule has 5 amide bonds. The number of carbonyl (C=O) groups excluding carboxylic acids is 5.